The zero-order valence-corrected chi connectivity index (χ0v) is 12.4. The van der Waals surface area contributed by atoms with Crippen LogP contribution in [-0.2, 0) is 13.0 Å². The normalized spacial score (nSPS) is 10.7. The maximum absolute atomic E-state index is 6.10. The highest BCUT2D eigenvalue weighted by Gasteiger charge is 2.17. The van der Waals surface area contributed by atoms with Crippen LogP contribution < -0.4 is 15.2 Å². The van der Waals surface area contributed by atoms with Crippen LogP contribution in [0.25, 0.3) is 5.69 Å². The van der Waals surface area contributed by atoms with Crippen LogP contribution in [-0.4, -0.2) is 29.2 Å². The van der Waals surface area contributed by atoms with Crippen molar-refractivity contribution in [1.29, 1.82) is 0 Å². The van der Waals surface area contributed by atoms with E-state index in [4.69, 9.17) is 26.8 Å². The molecule has 0 saturated heterocycles. The van der Waals surface area contributed by atoms with Gasteiger partial charge in [-0.1, -0.05) is 23.7 Å². The molecule has 0 fully saturated rings. The van der Waals surface area contributed by atoms with Gasteiger partial charge >= 0.3 is 0 Å². The van der Waals surface area contributed by atoms with Crippen molar-refractivity contribution in [2.75, 3.05) is 14.2 Å². The topological polar surface area (TPSA) is 75.2 Å². The van der Waals surface area contributed by atoms with Gasteiger partial charge in [0.25, 0.3) is 0 Å². The fraction of sp³-hybridized carbons (Fsp3) is 0.385. The van der Waals surface area contributed by atoms with Gasteiger partial charge in [-0.2, -0.15) is 0 Å². The van der Waals surface area contributed by atoms with Crippen molar-refractivity contribution in [3.8, 4) is 17.2 Å². The van der Waals surface area contributed by atoms with E-state index in [9.17, 15) is 0 Å². The van der Waals surface area contributed by atoms with Crippen molar-refractivity contribution in [2.45, 2.75) is 19.9 Å². The number of nitrogens with two attached hydrogens (primary N) is 1. The highest BCUT2D eigenvalue weighted by Crippen LogP contribution is 2.35. The van der Waals surface area contributed by atoms with Crippen LogP contribution in [0.5, 0.6) is 11.5 Å². The SMILES string of the molecule is CCc1c(CN)nnn1-c1cc(OC)c(Cl)cc1OC. The monoisotopic (exact) mass is 296 g/mol. The van der Waals surface area contributed by atoms with E-state index in [0.29, 0.717) is 23.1 Å². The zero-order chi connectivity index (χ0) is 14.7. The summed E-state index contributed by atoms with van der Waals surface area (Å²) in [5.41, 5.74) is 8.10. The van der Waals surface area contributed by atoms with E-state index in [0.717, 1.165) is 23.5 Å². The highest BCUT2D eigenvalue weighted by atomic mass is 35.5. The molecule has 0 spiro atoms. The van der Waals surface area contributed by atoms with Gasteiger partial charge in [-0.25, -0.2) is 4.68 Å². The summed E-state index contributed by atoms with van der Waals surface area (Å²) in [6.45, 7) is 2.37. The van der Waals surface area contributed by atoms with Gasteiger partial charge < -0.3 is 15.2 Å². The fourth-order valence-electron chi connectivity index (χ4n) is 2.05. The third-order valence-corrected chi connectivity index (χ3v) is 3.35. The van der Waals surface area contributed by atoms with E-state index < -0.39 is 0 Å². The Bertz CT molecular complexity index is 613. The summed E-state index contributed by atoms with van der Waals surface area (Å²) in [6.07, 6.45) is 0.758. The minimum Gasteiger partial charge on any atom is -0.495 e. The van der Waals surface area contributed by atoms with Gasteiger partial charge in [0, 0.05) is 18.7 Å². The van der Waals surface area contributed by atoms with E-state index >= 15 is 0 Å². The standard InChI is InChI=1S/C13H17ClN4O2/c1-4-10-9(7-15)16-17-18(10)11-6-12(19-2)8(14)5-13(11)20-3/h5-6H,4,7,15H2,1-3H3. The Morgan fingerprint density at radius 1 is 1.25 bits per heavy atom. The molecule has 1 aromatic carbocycles. The second-order valence-electron chi connectivity index (χ2n) is 4.11. The van der Waals surface area contributed by atoms with E-state index in [1.165, 1.54) is 0 Å². The molecule has 0 atom stereocenters. The van der Waals surface area contributed by atoms with Gasteiger partial charge in [0.1, 0.15) is 17.2 Å². The van der Waals surface area contributed by atoms with Gasteiger partial charge in [0.15, 0.2) is 0 Å². The largest absolute Gasteiger partial charge is 0.495 e. The van der Waals surface area contributed by atoms with Crippen molar-refractivity contribution in [2.24, 2.45) is 5.73 Å². The highest BCUT2D eigenvalue weighted by molar-refractivity contribution is 6.32. The quantitative estimate of drug-likeness (QED) is 0.913. The number of ether oxygens (including phenoxy) is 2. The second kappa shape index (κ2) is 6.11. The summed E-state index contributed by atoms with van der Waals surface area (Å²) in [7, 11) is 3.14. The Labute approximate surface area is 122 Å². The molecule has 0 saturated carbocycles. The number of nitrogens with zero attached hydrogens (tertiary/aromatic N) is 3. The summed E-state index contributed by atoms with van der Waals surface area (Å²) in [5.74, 6) is 1.15. The first-order valence-corrected chi connectivity index (χ1v) is 6.59. The molecule has 0 aliphatic heterocycles. The van der Waals surface area contributed by atoms with E-state index in [-0.39, 0.29) is 0 Å². The van der Waals surface area contributed by atoms with E-state index in [1.807, 2.05) is 6.92 Å². The molecule has 0 radical (unpaired) electrons. The molecule has 20 heavy (non-hydrogen) atoms. The molecular formula is C13H17ClN4O2. The Morgan fingerprint density at radius 3 is 2.50 bits per heavy atom. The first-order chi connectivity index (χ1) is 9.65. The minimum absolute atomic E-state index is 0.343. The number of hydrogen-bond donors (Lipinski definition) is 1. The third-order valence-electron chi connectivity index (χ3n) is 3.05. The molecule has 2 N–H and O–H groups in total. The van der Waals surface area contributed by atoms with Crippen LogP contribution in [0.3, 0.4) is 0 Å². The Morgan fingerprint density at radius 2 is 1.95 bits per heavy atom. The molecule has 2 rings (SSSR count). The summed E-state index contributed by atoms with van der Waals surface area (Å²) < 4.78 is 12.3. The maximum Gasteiger partial charge on any atom is 0.146 e. The lowest BCUT2D eigenvalue weighted by Crippen LogP contribution is -2.07. The second-order valence-corrected chi connectivity index (χ2v) is 4.52. The predicted octanol–water partition coefficient (Wildman–Crippen LogP) is 1.96. The minimum atomic E-state index is 0.343. The lowest BCUT2D eigenvalue weighted by atomic mass is 10.2. The molecular weight excluding hydrogens is 280 g/mol. The molecule has 0 unspecified atom stereocenters. The summed E-state index contributed by atoms with van der Waals surface area (Å²) >= 11 is 6.10. The average Bonchev–Trinajstić information content (AvgIpc) is 2.89. The number of methoxy groups -OCH3 is 2. The number of rotatable bonds is 5. The van der Waals surface area contributed by atoms with Crippen LogP contribution in [0.1, 0.15) is 18.3 Å². The van der Waals surface area contributed by atoms with Gasteiger partial charge in [-0.05, 0) is 6.42 Å². The lowest BCUT2D eigenvalue weighted by molar-refractivity contribution is 0.400. The van der Waals surface area contributed by atoms with Gasteiger partial charge in [0.05, 0.1) is 30.6 Å². The molecule has 108 valence electrons. The number of benzene rings is 1. The summed E-state index contributed by atoms with van der Waals surface area (Å²) in [6, 6.07) is 3.47. The predicted molar refractivity (Wildman–Crippen MR) is 76.7 cm³/mol. The molecule has 1 aromatic heterocycles. The van der Waals surface area contributed by atoms with Gasteiger partial charge in [-0.3, -0.25) is 0 Å². The molecule has 7 heteroatoms. The number of hydrogen-bond acceptors (Lipinski definition) is 5. The molecule has 2 aromatic rings. The lowest BCUT2D eigenvalue weighted by Gasteiger charge is -2.13. The first kappa shape index (κ1) is 14.6. The molecule has 1 heterocycles. The number of aromatic nitrogens is 3. The van der Waals surface area contributed by atoms with Crippen LogP contribution >= 0.6 is 11.6 Å². The van der Waals surface area contributed by atoms with Crippen molar-refractivity contribution in [1.82, 2.24) is 15.0 Å². The Balaban J connectivity index is 2.65. The van der Waals surface area contributed by atoms with Crippen LogP contribution in [0.4, 0.5) is 0 Å². The van der Waals surface area contributed by atoms with Crippen LogP contribution in [0, 0.1) is 0 Å². The van der Waals surface area contributed by atoms with Crippen molar-refractivity contribution < 1.29 is 9.47 Å². The van der Waals surface area contributed by atoms with Crippen LogP contribution in [0.2, 0.25) is 5.02 Å². The smallest absolute Gasteiger partial charge is 0.146 e. The van der Waals surface area contributed by atoms with Crippen molar-refractivity contribution in [3.63, 3.8) is 0 Å². The summed E-state index contributed by atoms with van der Waals surface area (Å²) in [5, 5.41) is 8.72. The van der Waals surface area contributed by atoms with Crippen molar-refractivity contribution in [3.05, 3.63) is 28.5 Å². The van der Waals surface area contributed by atoms with Gasteiger partial charge in [0.2, 0.25) is 0 Å². The molecule has 0 aliphatic carbocycles. The fourth-order valence-corrected chi connectivity index (χ4v) is 2.28. The van der Waals surface area contributed by atoms with Crippen molar-refractivity contribution >= 4 is 11.6 Å². The third kappa shape index (κ3) is 2.44. The summed E-state index contributed by atoms with van der Waals surface area (Å²) in [4.78, 5) is 0. The Hall–Kier alpha value is -1.79. The van der Waals surface area contributed by atoms with Gasteiger partial charge in [-0.15, -0.1) is 5.10 Å². The number of halogens is 1. The Kier molecular flexibility index (Phi) is 4.46. The van der Waals surface area contributed by atoms with E-state index in [1.54, 1.807) is 31.0 Å². The molecule has 6 nitrogen and oxygen atoms in total. The van der Waals surface area contributed by atoms with Crippen LogP contribution in [0.15, 0.2) is 12.1 Å². The molecule has 0 aliphatic rings. The molecule has 0 bridgehead atoms. The first-order valence-electron chi connectivity index (χ1n) is 6.21. The zero-order valence-electron chi connectivity index (χ0n) is 11.7. The van der Waals surface area contributed by atoms with E-state index in [2.05, 4.69) is 10.3 Å². The average molecular weight is 297 g/mol. The molecule has 0 amide bonds. The maximum atomic E-state index is 6.10.